The van der Waals surface area contributed by atoms with E-state index in [1.54, 1.807) is 60.7 Å². The van der Waals surface area contributed by atoms with Gasteiger partial charge in [-0.2, -0.15) is 62.7 Å². The van der Waals surface area contributed by atoms with E-state index in [1.807, 2.05) is 0 Å². The van der Waals surface area contributed by atoms with Crippen LogP contribution in [0.25, 0.3) is 66.6 Å². The van der Waals surface area contributed by atoms with Gasteiger partial charge in [-0.25, -0.2) is 0 Å². The Balaban J connectivity index is 0.000000181. The molecule has 4 aromatic carbocycles. The lowest BCUT2D eigenvalue weighted by Gasteiger charge is -2.07. The maximum atomic E-state index is 13.5. The fourth-order valence-electron chi connectivity index (χ4n) is 5.63. The van der Waals surface area contributed by atoms with Crippen molar-refractivity contribution in [2.24, 2.45) is 0 Å². The molecule has 20 heteroatoms. The zero-order valence-electron chi connectivity index (χ0n) is 29.5. The largest absolute Gasteiger partial charge is 0.426 e. The average Bonchev–Trinajstić information content (AvgIpc) is 4.04. The second-order valence-electron chi connectivity index (χ2n) is 12.4. The predicted molar refractivity (Wildman–Crippen MR) is 197 cm³/mol. The Morgan fingerprint density at radius 3 is 1.07 bits per heavy atom. The van der Waals surface area contributed by atoms with Gasteiger partial charge in [0.25, 0.3) is 11.8 Å². The molecule has 0 radical (unpaired) electrons. The van der Waals surface area contributed by atoms with E-state index in [0.717, 1.165) is 24.3 Å². The Labute approximate surface area is 337 Å². The summed E-state index contributed by atoms with van der Waals surface area (Å²) in [4.78, 5) is 6.47. The van der Waals surface area contributed by atoms with E-state index in [4.69, 9.17) is 9.05 Å². The Hall–Kier alpha value is -6.28. The lowest BCUT2D eigenvalue weighted by Crippen LogP contribution is -2.04. The average molecular weight is 881 g/mol. The topological polar surface area (TPSA) is 77.8 Å². The molecule has 6 nitrogen and oxygen atoms in total. The molecule has 308 valence electrons. The standard InChI is InChI=1S/2C20H10F6N2OS/c2*21-19(22,23)13-8-4-7-12(9-13)17-27-18(29-28-17)15-10-14(11-5-2-1-3-6-11)16(30-15)20(24,25)26/h2*1-10H. The molecule has 0 amide bonds. The molecule has 0 bridgehead atoms. The van der Waals surface area contributed by atoms with Crippen LogP contribution in [0.1, 0.15) is 20.9 Å². The first kappa shape index (κ1) is 41.9. The Bertz CT molecular complexity index is 2540. The van der Waals surface area contributed by atoms with Gasteiger partial charge in [0, 0.05) is 22.3 Å². The van der Waals surface area contributed by atoms with E-state index in [-0.39, 0.29) is 55.4 Å². The molecule has 8 rings (SSSR count). The highest BCUT2D eigenvalue weighted by Crippen LogP contribution is 2.47. The summed E-state index contributed by atoms with van der Waals surface area (Å²) in [5.41, 5.74) is -1.06. The number of thiophene rings is 2. The van der Waals surface area contributed by atoms with Crippen molar-refractivity contribution >= 4 is 22.7 Å². The van der Waals surface area contributed by atoms with E-state index >= 15 is 0 Å². The summed E-state index contributed by atoms with van der Waals surface area (Å²) in [6, 6.07) is 27.2. The first-order valence-electron chi connectivity index (χ1n) is 16.8. The minimum absolute atomic E-state index is 0.0377. The third-order valence-electron chi connectivity index (χ3n) is 8.32. The van der Waals surface area contributed by atoms with Gasteiger partial charge < -0.3 is 9.05 Å². The van der Waals surface area contributed by atoms with Crippen molar-refractivity contribution in [3.8, 4) is 66.6 Å². The molecule has 4 heterocycles. The molecule has 0 aliphatic carbocycles. The fourth-order valence-corrected chi connectivity index (χ4v) is 7.57. The van der Waals surface area contributed by atoms with Crippen molar-refractivity contribution in [2.45, 2.75) is 24.7 Å². The van der Waals surface area contributed by atoms with Gasteiger partial charge in [-0.15, -0.1) is 22.7 Å². The van der Waals surface area contributed by atoms with Crippen LogP contribution >= 0.6 is 22.7 Å². The van der Waals surface area contributed by atoms with Gasteiger partial charge in [0.15, 0.2) is 0 Å². The highest BCUT2D eigenvalue weighted by Gasteiger charge is 2.39. The molecule has 0 aliphatic heterocycles. The number of benzene rings is 4. The van der Waals surface area contributed by atoms with Gasteiger partial charge in [-0.3, -0.25) is 0 Å². The Morgan fingerprint density at radius 2 is 0.733 bits per heavy atom. The van der Waals surface area contributed by atoms with Crippen LogP contribution in [0.2, 0.25) is 0 Å². The van der Waals surface area contributed by atoms with Crippen molar-refractivity contribution in [3.05, 3.63) is 142 Å². The molecule has 0 fully saturated rings. The first-order chi connectivity index (χ1) is 28.3. The summed E-state index contributed by atoms with van der Waals surface area (Å²) in [5.74, 6) is -0.723. The van der Waals surface area contributed by atoms with Gasteiger partial charge in [-0.05, 0) is 47.5 Å². The van der Waals surface area contributed by atoms with E-state index in [0.29, 0.717) is 33.8 Å². The third kappa shape index (κ3) is 9.28. The number of hydrogen-bond acceptors (Lipinski definition) is 8. The highest BCUT2D eigenvalue weighted by molar-refractivity contribution is 7.16. The van der Waals surface area contributed by atoms with Crippen LogP contribution in [0, 0.1) is 0 Å². The number of hydrogen-bond donors (Lipinski definition) is 0. The molecular formula is C40H20F12N4O2S2. The normalized spacial score (nSPS) is 12.3. The zero-order valence-corrected chi connectivity index (χ0v) is 31.1. The fraction of sp³-hybridized carbons (Fsp3) is 0.100. The smallest absolute Gasteiger partial charge is 0.333 e. The van der Waals surface area contributed by atoms with Crippen LogP contribution in [0.3, 0.4) is 0 Å². The van der Waals surface area contributed by atoms with Crippen LogP contribution in [-0.2, 0) is 24.7 Å². The molecule has 0 N–H and O–H groups in total. The van der Waals surface area contributed by atoms with Crippen molar-refractivity contribution in [1.29, 1.82) is 0 Å². The maximum absolute atomic E-state index is 13.5. The molecule has 0 saturated carbocycles. The quantitative estimate of drug-likeness (QED) is 0.155. The highest BCUT2D eigenvalue weighted by atomic mass is 32.1. The molecule has 0 aliphatic rings. The number of nitrogens with zero attached hydrogens (tertiary/aromatic N) is 4. The van der Waals surface area contributed by atoms with Gasteiger partial charge in [0.1, 0.15) is 9.75 Å². The number of rotatable bonds is 6. The molecule has 0 saturated heterocycles. The van der Waals surface area contributed by atoms with Crippen molar-refractivity contribution in [1.82, 2.24) is 20.3 Å². The Morgan fingerprint density at radius 1 is 0.383 bits per heavy atom. The van der Waals surface area contributed by atoms with Crippen molar-refractivity contribution in [2.75, 3.05) is 0 Å². The van der Waals surface area contributed by atoms with E-state index in [2.05, 4.69) is 20.3 Å². The predicted octanol–water partition coefficient (Wildman–Crippen LogP) is 14.3. The molecule has 0 atom stereocenters. The van der Waals surface area contributed by atoms with E-state index in [1.165, 1.54) is 36.4 Å². The Kier molecular flexibility index (Phi) is 11.2. The number of aromatic nitrogens is 4. The second kappa shape index (κ2) is 16.1. The minimum atomic E-state index is -4.60. The third-order valence-corrected chi connectivity index (χ3v) is 10.7. The van der Waals surface area contributed by atoms with Gasteiger partial charge in [0.2, 0.25) is 11.6 Å². The summed E-state index contributed by atoms with van der Waals surface area (Å²) >= 11 is 0.858. The van der Waals surface area contributed by atoms with E-state index in [9.17, 15) is 52.7 Å². The summed E-state index contributed by atoms with van der Waals surface area (Å²) in [7, 11) is 0. The van der Waals surface area contributed by atoms with Gasteiger partial charge in [-0.1, -0.05) is 95.2 Å². The molecule has 8 aromatic rings. The second-order valence-corrected chi connectivity index (χ2v) is 14.5. The summed E-state index contributed by atoms with van der Waals surface area (Å²) < 4.78 is 169. The van der Waals surface area contributed by atoms with Crippen LogP contribution < -0.4 is 0 Å². The molecule has 60 heavy (non-hydrogen) atoms. The number of alkyl halides is 12. The number of halogens is 12. The van der Waals surface area contributed by atoms with E-state index < -0.39 is 45.6 Å². The SMILES string of the molecule is FC(F)(F)c1cccc(-c2noc(-c3cc(-c4ccccc4)c(C(F)(F)F)s3)n2)c1.FC(F)(F)c1cccc(-c2noc(-c3cc(-c4ccccc4)c(C(F)(F)F)s3)n2)c1. The molecule has 0 unspecified atom stereocenters. The van der Waals surface area contributed by atoms with Crippen LogP contribution in [-0.4, -0.2) is 20.3 Å². The van der Waals surface area contributed by atoms with Crippen LogP contribution in [0.4, 0.5) is 52.7 Å². The minimum Gasteiger partial charge on any atom is -0.333 e. The van der Waals surface area contributed by atoms with Crippen LogP contribution in [0.15, 0.2) is 130 Å². The van der Waals surface area contributed by atoms with Crippen molar-refractivity contribution in [3.63, 3.8) is 0 Å². The molecule has 0 spiro atoms. The van der Waals surface area contributed by atoms with Gasteiger partial charge >= 0.3 is 24.7 Å². The maximum Gasteiger partial charge on any atom is 0.426 e. The van der Waals surface area contributed by atoms with Gasteiger partial charge in [0.05, 0.1) is 20.9 Å². The monoisotopic (exact) mass is 880 g/mol. The summed E-state index contributed by atoms with van der Waals surface area (Å²) in [6.07, 6.45) is -18.3. The zero-order chi connectivity index (χ0) is 43.0. The summed E-state index contributed by atoms with van der Waals surface area (Å²) in [5, 5.41) is 7.26. The lowest BCUT2D eigenvalue weighted by atomic mass is 10.1. The molecular weight excluding hydrogens is 861 g/mol. The lowest BCUT2D eigenvalue weighted by molar-refractivity contribution is -0.138. The molecule has 4 aromatic heterocycles. The van der Waals surface area contributed by atoms with Crippen molar-refractivity contribution < 1.29 is 61.7 Å². The van der Waals surface area contributed by atoms with Crippen LogP contribution in [0.5, 0.6) is 0 Å². The summed E-state index contributed by atoms with van der Waals surface area (Å²) in [6.45, 7) is 0. The first-order valence-corrected chi connectivity index (χ1v) is 18.5.